The van der Waals surface area contributed by atoms with Crippen LogP contribution in [-0.2, 0) is 0 Å². The van der Waals surface area contributed by atoms with Crippen LogP contribution in [0.5, 0.6) is 11.5 Å². The Kier molecular flexibility index (Phi) is 2.45. The molecule has 1 aromatic rings. The molecule has 0 amide bonds. The summed E-state index contributed by atoms with van der Waals surface area (Å²) < 4.78 is 0. The first-order valence-electron chi connectivity index (χ1n) is 4.76. The van der Waals surface area contributed by atoms with Gasteiger partial charge in [-0.05, 0) is 25.0 Å². The molecule has 1 fully saturated rings. The Labute approximate surface area is 82.8 Å². The molecule has 1 aliphatic rings. The van der Waals surface area contributed by atoms with Gasteiger partial charge in [-0.15, -0.1) is 0 Å². The van der Waals surface area contributed by atoms with Crippen LogP contribution < -0.4 is 15.6 Å². The monoisotopic (exact) mass is 194 g/mol. The lowest BCUT2D eigenvalue weighted by atomic mass is 10.2. The van der Waals surface area contributed by atoms with Crippen molar-refractivity contribution in [2.75, 3.05) is 18.0 Å². The van der Waals surface area contributed by atoms with Crippen LogP contribution in [0, 0.1) is 0 Å². The fourth-order valence-corrected chi connectivity index (χ4v) is 1.78. The summed E-state index contributed by atoms with van der Waals surface area (Å²) >= 11 is 0. The molecule has 0 bridgehead atoms. The quantitative estimate of drug-likeness (QED) is 0.695. The fourth-order valence-electron chi connectivity index (χ4n) is 1.78. The van der Waals surface area contributed by atoms with Crippen molar-refractivity contribution in [3.63, 3.8) is 0 Å². The number of nitrogens with two attached hydrogens (primary N) is 1. The molecule has 0 spiro atoms. The van der Waals surface area contributed by atoms with Crippen molar-refractivity contribution in [1.29, 1.82) is 0 Å². The molecule has 0 unspecified atom stereocenters. The Morgan fingerprint density at radius 2 is 2.00 bits per heavy atom. The average Bonchev–Trinajstić information content (AvgIpc) is 2.70. The van der Waals surface area contributed by atoms with Crippen molar-refractivity contribution in [2.45, 2.75) is 12.8 Å². The highest BCUT2D eigenvalue weighted by Crippen LogP contribution is 2.31. The van der Waals surface area contributed by atoms with E-state index in [2.05, 4.69) is 9.74 Å². The van der Waals surface area contributed by atoms with Crippen molar-refractivity contribution < 1.29 is 9.94 Å². The van der Waals surface area contributed by atoms with Crippen LogP contribution in [0.2, 0.25) is 0 Å². The second-order valence-electron chi connectivity index (χ2n) is 3.46. The number of nitrogens with zero attached hydrogens (tertiary/aromatic N) is 1. The van der Waals surface area contributed by atoms with Crippen LogP contribution in [-0.4, -0.2) is 18.2 Å². The first kappa shape index (κ1) is 9.15. The largest absolute Gasteiger partial charge is 0.504 e. The molecule has 0 saturated carbocycles. The Morgan fingerprint density at radius 1 is 1.29 bits per heavy atom. The number of benzene rings is 1. The Balaban J connectivity index is 2.23. The molecule has 14 heavy (non-hydrogen) atoms. The van der Waals surface area contributed by atoms with E-state index >= 15 is 0 Å². The van der Waals surface area contributed by atoms with E-state index in [1.165, 1.54) is 12.8 Å². The van der Waals surface area contributed by atoms with E-state index in [9.17, 15) is 5.11 Å². The summed E-state index contributed by atoms with van der Waals surface area (Å²) in [6.45, 7) is 2.12. The lowest BCUT2D eigenvalue weighted by Crippen LogP contribution is -2.17. The summed E-state index contributed by atoms with van der Waals surface area (Å²) in [5.74, 6) is 5.39. The van der Waals surface area contributed by atoms with Crippen LogP contribution in [0.3, 0.4) is 0 Å². The van der Waals surface area contributed by atoms with Crippen molar-refractivity contribution in [1.82, 2.24) is 0 Å². The predicted octanol–water partition coefficient (Wildman–Crippen LogP) is 1.24. The Morgan fingerprint density at radius 3 is 2.57 bits per heavy atom. The molecule has 0 aliphatic carbocycles. The number of anilines is 1. The molecule has 4 heteroatoms. The Bertz CT molecular complexity index is 322. The van der Waals surface area contributed by atoms with Gasteiger partial charge in [0.25, 0.3) is 0 Å². The first-order chi connectivity index (χ1) is 6.81. The second-order valence-corrected chi connectivity index (χ2v) is 3.46. The lowest BCUT2D eigenvalue weighted by molar-refractivity contribution is 0.313. The summed E-state index contributed by atoms with van der Waals surface area (Å²) in [4.78, 5) is 6.73. The standard InChI is InChI=1S/C10H14N2O2/c11-14-10-4-3-8(7-9(10)13)12-5-1-2-6-12/h3-4,7,13H,1-2,5-6,11H2. The third kappa shape index (κ3) is 1.61. The molecule has 1 aromatic carbocycles. The van der Waals surface area contributed by atoms with E-state index in [-0.39, 0.29) is 5.75 Å². The predicted molar refractivity (Wildman–Crippen MR) is 54.4 cm³/mol. The SMILES string of the molecule is NOc1ccc(N2CCCC2)cc1O. The minimum absolute atomic E-state index is 0.0944. The zero-order valence-corrected chi connectivity index (χ0v) is 7.94. The highest BCUT2D eigenvalue weighted by atomic mass is 16.6. The number of phenolic OH excluding ortho intramolecular Hbond substituents is 1. The third-order valence-electron chi connectivity index (χ3n) is 2.54. The van der Waals surface area contributed by atoms with E-state index in [1.807, 2.05) is 6.07 Å². The number of phenols is 1. The van der Waals surface area contributed by atoms with Gasteiger partial charge in [0.05, 0.1) is 0 Å². The molecule has 1 heterocycles. The van der Waals surface area contributed by atoms with Crippen molar-refractivity contribution in [3.8, 4) is 11.5 Å². The van der Waals surface area contributed by atoms with E-state index in [1.54, 1.807) is 12.1 Å². The fraction of sp³-hybridized carbons (Fsp3) is 0.400. The molecule has 1 saturated heterocycles. The Hall–Kier alpha value is -1.42. The molecule has 0 atom stereocenters. The van der Waals surface area contributed by atoms with Gasteiger partial charge in [0.1, 0.15) is 0 Å². The zero-order valence-electron chi connectivity index (χ0n) is 7.94. The highest BCUT2D eigenvalue weighted by molar-refractivity contribution is 5.56. The number of rotatable bonds is 2. The van der Waals surface area contributed by atoms with Gasteiger partial charge in [-0.1, -0.05) is 0 Å². The third-order valence-corrected chi connectivity index (χ3v) is 2.54. The van der Waals surface area contributed by atoms with Crippen molar-refractivity contribution >= 4 is 5.69 Å². The van der Waals surface area contributed by atoms with Crippen LogP contribution >= 0.6 is 0 Å². The zero-order chi connectivity index (χ0) is 9.97. The first-order valence-corrected chi connectivity index (χ1v) is 4.76. The molecule has 0 aromatic heterocycles. The van der Waals surface area contributed by atoms with Crippen LogP contribution in [0.25, 0.3) is 0 Å². The smallest absolute Gasteiger partial charge is 0.188 e. The van der Waals surface area contributed by atoms with Gasteiger partial charge in [0.2, 0.25) is 0 Å². The number of hydrogen-bond acceptors (Lipinski definition) is 4. The molecule has 0 radical (unpaired) electrons. The second kappa shape index (κ2) is 3.75. The van der Waals surface area contributed by atoms with E-state index in [0.717, 1.165) is 18.8 Å². The van der Waals surface area contributed by atoms with Crippen LogP contribution in [0.4, 0.5) is 5.69 Å². The van der Waals surface area contributed by atoms with Crippen molar-refractivity contribution in [2.24, 2.45) is 5.90 Å². The molecule has 4 nitrogen and oxygen atoms in total. The minimum Gasteiger partial charge on any atom is -0.504 e. The van der Waals surface area contributed by atoms with E-state index in [4.69, 9.17) is 5.90 Å². The maximum absolute atomic E-state index is 9.52. The maximum atomic E-state index is 9.52. The average molecular weight is 194 g/mol. The lowest BCUT2D eigenvalue weighted by Gasteiger charge is -2.17. The van der Waals surface area contributed by atoms with Gasteiger partial charge in [-0.25, -0.2) is 0 Å². The normalized spacial score (nSPS) is 15.9. The summed E-state index contributed by atoms with van der Waals surface area (Å²) in [6, 6.07) is 5.28. The summed E-state index contributed by atoms with van der Waals surface area (Å²) in [5.41, 5.74) is 1.03. The molecular weight excluding hydrogens is 180 g/mol. The molecule has 2 rings (SSSR count). The maximum Gasteiger partial charge on any atom is 0.188 e. The van der Waals surface area contributed by atoms with Gasteiger partial charge in [-0.3, -0.25) is 0 Å². The van der Waals surface area contributed by atoms with Gasteiger partial charge >= 0.3 is 0 Å². The van der Waals surface area contributed by atoms with E-state index in [0.29, 0.717) is 5.75 Å². The minimum atomic E-state index is 0.0944. The molecule has 3 N–H and O–H groups in total. The van der Waals surface area contributed by atoms with Crippen molar-refractivity contribution in [3.05, 3.63) is 18.2 Å². The number of aromatic hydroxyl groups is 1. The van der Waals surface area contributed by atoms with Gasteiger partial charge in [0.15, 0.2) is 11.5 Å². The molecule has 1 aliphatic heterocycles. The number of hydrogen-bond donors (Lipinski definition) is 2. The topological polar surface area (TPSA) is 58.7 Å². The van der Waals surface area contributed by atoms with Gasteiger partial charge in [0, 0.05) is 24.8 Å². The summed E-state index contributed by atoms with van der Waals surface area (Å²) in [5, 5.41) is 9.52. The summed E-state index contributed by atoms with van der Waals surface area (Å²) in [6.07, 6.45) is 2.44. The molecular formula is C10H14N2O2. The molecule has 76 valence electrons. The van der Waals surface area contributed by atoms with Crippen LogP contribution in [0.15, 0.2) is 18.2 Å². The van der Waals surface area contributed by atoms with E-state index < -0.39 is 0 Å². The highest BCUT2D eigenvalue weighted by Gasteiger charge is 2.13. The summed E-state index contributed by atoms with van der Waals surface area (Å²) in [7, 11) is 0. The van der Waals surface area contributed by atoms with Crippen LogP contribution in [0.1, 0.15) is 12.8 Å². The van der Waals surface area contributed by atoms with Gasteiger partial charge in [-0.2, -0.15) is 5.90 Å². The van der Waals surface area contributed by atoms with Gasteiger partial charge < -0.3 is 14.8 Å².